The Labute approximate surface area is 132 Å². The van der Waals surface area contributed by atoms with Crippen molar-refractivity contribution in [3.05, 3.63) is 0 Å². The first-order valence-electron chi connectivity index (χ1n) is 8.71. The van der Waals surface area contributed by atoms with Crippen LogP contribution in [0.4, 0.5) is 0 Å². The molecule has 2 rings (SSSR count). The van der Waals surface area contributed by atoms with E-state index in [0.29, 0.717) is 12.3 Å². The Balaban J connectivity index is 1.80. The molecule has 2 aliphatic carbocycles. The number of carbonyl (C=O) groups excluding carboxylic acids is 1. The van der Waals surface area contributed by atoms with E-state index in [2.05, 4.69) is 12.2 Å². The maximum Gasteiger partial charge on any atom is 0.308 e. The maximum atomic E-state index is 12.1. The molecule has 0 aliphatic heterocycles. The second kappa shape index (κ2) is 8.51. The van der Waals surface area contributed by atoms with Gasteiger partial charge in [0.2, 0.25) is 5.91 Å². The number of carboxylic acids is 1. The summed E-state index contributed by atoms with van der Waals surface area (Å²) in [5.74, 6) is -0.920. The van der Waals surface area contributed by atoms with Gasteiger partial charge in [-0.1, -0.05) is 39.0 Å². The highest BCUT2D eigenvalue weighted by molar-refractivity contribution is 5.79. The van der Waals surface area contributed by atoms with Gasteiger partial charge in [-0.3, -0.25) is 9.59 Å². The molecule has 0 heterocycles. The Morgan fingerprint density at radius 2 is 1.73 bits per heavy atom. The number of nitrogens with one attached hydrogen (secondary N) is 1. The van der Waals surface area contributed by atoms with Crippen LogP contribution in [0.5, 0.6) is 0 Å². The summed E-state index contributed by atoms with van der Waals surface area (Å²) in [5.41, 5.74) is 0. The number of hydrogen-bond donors (Lipinski definition) is 2. The Kier molecular flexibility index (Phi) is 6.68. The van der Waals surface area contributed by atoms with Gasteiger partial charge < -0.3 is 15.2 Å². The fourth-order valence-corrected chi connectivity index (χ4v) is 3.74. The predicted molar refractivity (Wildman–Crippen MR) is 83.5 cm³/mol. The summed E-state index contributed by atoms with van der Waals surface area (Å²) >= 11 is 0. The molecule has 0 aromatic heterocycles. The van der Waals surface area contributed by atoms with E-state index in [4.69, 9.17) is 4.74 Å². The highest BCUT2D eigenvalue weighted by Gasteiger charge is 2.31. The molecule has 0 bridgehead atoms. The zero-order chi connectivity index (χ0) is 15.9. The average Bonchev–Trinajstić information content (AvgIpc) is 2.72. The number of aliphatic carboxylic acids is 1. The van der Waals surface area contributed by atoms with Gasteiger partial charge in [-0.2, -0.15) is 0 Å². The molecule has 2 saturated carbocycles. The van der Waals surface area contributed by atoms with Crippen LogP contribution in [0.3, 0.4) is 0 Å². The molecule has 22 heavy (non-hydrogen) atoms. The minimum atomic E-state index is -0.797. The third kappa shape index (κ3) is 4.97. The van der Waals surface area contributed by atoms with Crippen molar-refractivity contribution in [2.45, 2.75) is 76.9 Å². The molecule has 0 aromatic carbocycles. The summed E-state index contributed by atoms with van der Waals surface area (Å²) < 4.78 is 5.77. The number of hydrogen-bond acceptors (Lipinski definition) is 3. The van der Waals surface area contributed by atoms with E-state index in [1.54, 1.807) is 0 Å². The molecule has 5 nitrogen and oxygen atoms in total. The average molecular weight is 311 g/mol. The third-order valence-corrected chi connectivity index (χ3v) is 5.14. The molecule has 2 unspecified atom stereocenters. The molecule has 1 amide bonds. The second-order valence-electron chi connectivity index (χ2n) is 6.87. The van der Waals surface area contributed by atoms with Crippen molar-refractivity contribution in [1.82, 2.24) is 5.32 Å². The van der Waals surface area contributed by atoms with E-state index in [0.717, 1.165) is 38.5 Å². The lowest BCUT2D eigenvalue weighted by Crippen LogP contribution is -2.44. The summed E-state index contributed by atoms with van der Waals surface area (Å²) in [5, 5.41) is 12.2. The van der Waals surface area contributed by atoms with Gasteiger partial charge in [0.15, 0.2) is 0 Å². The Hall–Kier alpha value is -1.10. The van der Waals surface area contributed by atoms with E-state index in [-0.39, 0.29) is 24.7 Å². The number of carbonyl (C=O) groups is 2. The maximum absolute atomic E-state index is 12.1. The lowest BCUT2D eigenvalue weighted by molar-refractivity contribution is -0.143. The van der Waals surface area contributed by atoms with Crippen molar-refractivity contribution in [2.75, 3.05) is 6.61 Å². The summed E-state index contributed by atoms with van der Waals surface area (Å²) in [6.45, 7) is 2.23. The van der Waals surface area contributed by atoms with Gasteiger partial charge in [-0.25, -0.2) is 0 Å². The molecular weight excluding hydrogens is 282 g/mol. The first-order valence-corrected chi connectivity index (χ1v) is 8.71. The van der Waals surface area contributed by atoms with Crippen molar-refractivity contribution in [3.63, 3.8) is 0 Å². The van der Waals surface area contributed by atoms with Gasteiger partial charge >= 0.3 is 5.97 Å². The van der Waals surface area contributed by atoms with Gasteiger partial charge in [0.1, 0.15) is 6.61 Å². The minimum Gasteiger partial charge on any atom is -0.481 e. The van der Waals surface area contributed by atoms with E-state index >= 15 is 0 Å². The Morgan fingerprint density at radius 1 is 1.05 bits per heavy atom. The van der Waals surface area contributed by atoms with Gasteiger partial charge in [0.05, 0.1) is 12.0 Å². The van der Waals surface area contributed by atoms with Crippen LogP contribution >= 0.6 is 0 Å². The highest BCUT2D eigenvalue weighted by atomic mass is 16.5. The molecule has 4 atom stereocenters. The predicted octanol–water partition coefficient (Wildman–Crippen LogP) is 2.73. The van der Waals surface area contributed by atoms with Gasteiger partial charge in [-0.15, -0.1) is 0 Å². The summed E-state index contributed by atoms with van der Waals surface area (Å²) in [6.07, 6.45) is 9.13. The smallest absolute Gasteiger partial charge is 0.308 e. The van der Waals surface area contributed by atoms with Crippen molar-refractivity contribution in [3.8, 4) is 0 Å². The van der Waals surface area contributed by atoms with Crippen molar-refractivity contribution in [1.29, 1.82) is 0 Å². The first-order chi connectivity index (χ1) is 10.6. The molecule has 0 aromatic rings. The quantitative estimate of drug-likeness (QED) is 0.766. The van der Waals surface area contributed by atoms with Gasteiger partial charge in [0, 0.05) is 6.04 Å². The van der Waals surface area contributed by atoms with Crippen LogP contribution in [0.2, 0.25) is 0 Å². The summed E-state index contributed by atoms with van der Waals surface area (Å²) in [6, 6.07) is -0.250. The minimum absolute atomic E-state index is 0.0534. The van der Waals surface area contributed by atoms with Gasteiger partial charge in [-0.05, 0) is 31.6 Å². The van der Waals surface area contributed by atoms with E-state index in [1.807, 2.05) is 0 Å². The summed E-state index contributed by atoms with van der Waals surface area (Å²) in [4.78, 5) is 23.5. The molecule has 0 saturated heterocycles. The Morgan fingerprint density at radius 3 is 2.45 bits per heavy atom. The van der Waals surface area contributed by atoms with Crippen LogP contribution in [0.15, 0.2) is 0 Å². The number of rotatable bonds is 5. The second-order valence-corrected chi connectivity index (χ2v) is 6.87. The molecule has 126 valence electrons. The van der Waals surface area contributed by atoms with E-state index < -0.39 is 11.9 Å². The van der Waals surface area contributed by atoms with Crippen LogP contribution in [0, 0.1) is 11.8 Å². The molecular formula is C17H29NO4. The molecule has 2 fully saturated rings. The number of ether oxygens (including phenoxy) is 1. The van der Waals surface area contributed by atoms with Crippen molar-refractivity contribution in [2.24, 2.45) is 11.8 Å². The molecule has 2 aliphatic rings. The first kappa shape index (κ1) is 17.3. The molecule has 5 heteroatoms. The molecule has 0 radical (unpaired) electrons. The SMILES string of the molecule is CC1CCCCC1OCC(=O)N[C@H]1CCCCC[C@H]1C(=O)O. The lowest BCUT2D eigenvalue weighted by Gasteiger charge is -2.29. The Bertz CT molecular complexity index is 385. The van der Waals surface area contributed by atoms with Crippen LogP contribution < -0.4 is 5.32 Å². The largest absolute Gasteiger partial charge is 0.481 e. The normalized spacial score (nSPS) is 33.0. The van der Waals surface area contributed by atoms with Crippen molar-refractivity contribution < 1.29 is 19.4 Å². The van der Waals surface area contributed by atoms with Crippen LogP contribution in [-0.2, 0) is 14.3 Å². The fraction of sp³-hybridized carbons (Fsp3) is 0.882. The molecule has 2 N–H and O–H groups in total. The summed E-state index contributed by atoms with van der Waals surface area (Å²) in [7, 11) is 0. The van der Waals surface area contributed by atoms with Crippen LogP contribution in [-0.4, -0.2) is 35.7 Å². The fourth-order valence-electron chi connectivity index (χ4n) is 3.74. The zero-order valence-electron chi connectivity index (χ0n) is 13.6. The monoisotopic (exact) mass is 311 g/mol. The van der Waals surface area contributed by atoms with Gasteiger partial charge in [0.25, 0.3) is 0 Å². The van der Waals surface area contributed by atoms with Crippen LogP contribution in [0.1, 0.15) is 64.7 Å². The standard InChI is InChI=1S/C17H29NO4/c1-12-7-5-6-10-15(12)22-11-16(19)18-14-9-4-2-3-8-13(14)17(20)21/h12-15H,2-11H2,1H3,(H,18,19)(H,20,21)/t12?,13-,14+,15?/m1/s1. The van der Waals surface area contributed by atoms with Crippen molar-refractivity contribution >= 4 is 11.9 Å². The zero-order valence-corrected chi connectivity index (χ0v) is 13.6. The number of carboxylic acid groups (broad SMARTS) is 1. The van der Waals surface area contributed by atoms with E-state index in [9.17, 15) is 14.7 Å². The van der Waals surface area contributed by atoms with Crippen LogP contribution in [0.25, 0.3) is 0 Å². The highest BCUT2D eigenvalue weighted by Crippen LogP contribution is 2.26. The molecule has 0 spiro atoms. The van der Waals surface area contributed by atoms with E-state index in [1.165, 1.54) is 12.8 Å². The lowest BCUT2D eigenvalue weighted by atomic mass is 9.88. The third-order valence-electron chi connectivity index (χ3n) is 5.14. The number of amides is 1. The topological polar surface area (TPSA) is 75.6 Å².